The Morgan fingerprint density at radius 2 is 2.06 bits per heavy atom. The number of rotatable bonds is 4. The summed E-state index contributed by atoms with van der Waals surface area (Å²) in [6.07, 6.45) is 3.96. The maximum atomic E-state index is 13.5. The van der Waals surface area contributed by atoms with Crippen molar-refractivity contribution in [3.05, 3.63) is 68.7 Å². The highest BCUT2D eigenvalue weighted by Crippen LogP contribution is 2.45. The predicted octanol–water partition coefficient (Wildman–Crippen LogP) is 6.10. The van der Waals surface area contributed by atoms with Crippen molar-refractivity contribution in [1.82, 2.24) is 4.90 Å². The van der Waals surface area contributed by atoms with Crippen LogP contribution in [-0.4, -0.2) is 37.1 Å². The van der Waals surface area contributed by atoms with Crippen LogP contribution in [0.15, 0.2) is 57.6 Å². The number of carbonyl (C=O) groups excluding carboxylic acids is 1. The summed E-state index contributed by atoms with van der Waals surface area (Å²) >= 11 is 1.63. The van der Waals surface area contributed by atoms with Crippen LogP contribution in [0.5, 0.6) is 11.5 Å². The van der Waals surface area contributed by atoms with Gasteiger partial charge in [0, 0.05) is 40.7 Å². The van der Waals surface area contributed by atoms with E-state index in [-0.39, 0.29) is 18.1 Å². The van der Waals surface area contributed by atoms with Crippen LogP contribution in [0.25, 0.3) is 11.8 Å². The Balaban J connectivity index is 1.94. The van der Waals surface area contributed by atoms with E-state index in [2.05, 4.69) is 48.1 Å². The quantitative estimate of drug-likeness (QED) is 0.515. The smallest absolute Gasteiger partial charge is 0.262 e. The van der Waals surface area contributed by atoms with Crippen LogP contribution >= 0.6 is 11.3 Å². The second kappa shape index (κ2) is 8.62. The average Bonchev–Trinajstić information content (AvgIpc) is 3.30. The van der Waals surface area contributed by atoms with Gasteiger partial charge in [0.25, 0.3) is 5.91 Å². The van der Waals surface area contributed by atoms with E-state index in [1.165, 1.54) is 5.57 Å². The molecule has 0 N–H and O–H groups in total. The molecule has 0 bridgehead atoms. The Kier molecular flexibility index (Phi) is 6.00. The maximum absolute atomic E-state index is 13.5. The molecule has 5 nitrogen and oxygen atoms in total. The number of amides is 1. The van der Waals surface area contributed by atoms with Crippen LogP contribution < -0.4 is 14.4 Å². The Morgan fingerprint density at radius 1 is 1.30 bits per heavy atom. The molecule has 0 atom stereocenters. The molecule has 0 spiro atoms. The maximum Gasteiger partial charge on any atom is 0.262 e. The summed E-state index contributed by atoms with van der Waals surface area (Å²) in [7, 11) is 3.50. The fraction of sp³-hybridized carbons (Fsp3) is 0.333. The molecule has 2 aromatic rings. The third-order valence-electron chi connectivity index (χ3n) is 5.88. The van der Waals surface area contributed by atoms with E-state index in [0.717, 1.165) is 39.6 Å². The zero-order valence-corrected chi connectivity index (χ0v) is 21.1. The largest absolute Gasteiger partial charge is 0.496 e. The molecule has 0 aliphatic carbocycles. The van der Waals surface area contributed by atoms with Gasteiger partial charge in [-0.25, -0.2) is 0 Å². The zero-order valence-electron chi connectivity index (χ0n) is 20.3. The predicted molar refractivity (Wildman–Crippen MR) is 136 cm³/mol. The highest BCUT2D eigenvalue weighted by molar-refractivity contribution is 7.08. The molecule has 0 radical (unpaired) electrons. The van der Waals surface area contributed by atoms with Crippen LogP contribution in [0.2, 0.25) is 0 Å². The van der Waals surface area contributed by atoms with E-state index < -0.39 is 0 Å². The van der Waals surface area contributed by atoms with E-state index in [9.17, 15) is 4.79 Å². The lowest BCUT2D eigenvalue weighted by molar-refractivity contribution is -0.129. The molecule has 172 valence electrons. The molecule has 1 amide bonds. The molecule has 3 heterocycles. The summed E-state index contributed by atoms with van der Waals surface area (Å²) in [6.45, 7) is 10.5. The van der Waals surface area contributed by atoms with Crippen molar-refractivity contribution in [3.8, 4) is 11.5 Å². The average molecular weight is 463 g/mol. The zero-order chi connectivity index (χ0) is 23.9. The number of ether oxygens (including phenoxy) is 2. The fourth-order valence-corrected chi connectivity index (χ4v) is 4.50. The number of methoxy groups -OCH3 is 1. The molecule has 0 saturated carbocycles. The second-order valence-corrected chi connectivity index (χ2v) is 10.2. The minimum absolute atomic E-state index is 0.0682. The number of thiophene rings is 1. The second-order valence-electron chi connectivity index (χ2n) is 9.46. The minimum atomic E-state index is -0.311. The van der Waals surface area contributed by atoms with Crippen molar-refractivity contribution >= 4 is 34.7 Å². The third kappa shape index (κ3) is 4.24. The standard InChI is InChI=1S/C27H30N2O3S/c1-17(2)12-18-13-21-24(14-23(18)31-7)32-15-22-20(26(30)28(6)27(3,4)5)8-10-29(25(21)22)19-9-11-33-16-19/h9-14,16H,15H2,1-7H3. The minimum Gasteiger partial charge on any atom is -0.496 e. The van der Waals surface area contributed by atoms with Gasteiger partial charge in [0.15, 0.2) is 0 Å². The highest BCUT2D eigenvalue weighted by atomic mass is 32.1. The lowest BCUT2D eigenvalue weighted by Crippen LogP contribution is -2.44. The topological polar surface area (TPSA) is 42.0 Å². The van der Waals surface area contributed by atoms with Gasteiger partial charge in [0.05, 0.1) is 30.3 Å². The summed E-state index contributed by atoms with van der Waals surface area (Å²) in [5, 5.41) is 4.14. The summed E-state index contributed by atoms with van der Waals surface area (Å²) in [4.78, 5) is 17.3. The van der Waals surface area contributed by atoms with Gasteiger partial charge in [0.2, 0.25) is 0 Å². The van der Waals surface area contributed by atoms with Crippen molar-refractivity contribution in [2.45, 2.75) is 40.2 Å². The van der Waals surface area contributed by atoms with Gasteiger partial charge in [-0.15, -0.1) is 0 Å². The molecule has 0 saturated heterocycles. The molecular formula is C27H30N2O3S. The summed E-state index contributed by atoms with van der Waals surface area (Å²) in [5.74, 6) is 1.43. The van der Waals surface area contributed by atoms with E-state index in [1.54, 1.807) is 23.3 Å². The molecule has 2 aliphatic heterocycles. The van der Waals surface area contributed by atoms with Gasteiger partial charge >= 0.3 is 0 Å². The number of anilines is 1. The van der Waals surface area contributed by atoms with Crippen molar-refractivity contribution in [3.63, 3.8) is 0 Å². The summed E-state index contributed by atoms with van der Waals surface area (Å²) < 4.78 is 11.8. The monoisotopic (exact) mass is 462 g/mol. The van der Waals surface area contributed by atoms with Crippen LogP contribution in [0, 0.1) is 0 Å². The molecule has 6 heteroatoms. The Labute approximate surface area is 199 Å². The molecule has 4 rings (SSSR count). The van der Waals surface area contributed by atoms with E-state index in [4.69, 9.17) is 9.47 Å². The lowest BCUT2D eigenvalue weighted by atomic mass is 9.91. The number of likely N-dealkylation sites (N-methyl/N-ethyl adjacent to an activating group) is 1. The van der Waals surface area contributed by atoms with Gasteiger partial charge in [0.1, 0.15) is 18.1 Å². The van der Waals surface area contributed by atoms with Crippen LogP contribution in [0.1, 0.15) is 45.7 Å². The molecule has 1 aromatic carbocycles. The SMILES string of the molecule is COc1cc2c(cc1C=C(C)C)C1=C(CO2)C(C(=O)N(C)C(C)(C)C)=C=CN1c1ccsc1. The van der Waals surface area contributed by atoms with Crippen LogP contribution in [0.3, 0.4) is 0 Å². The van der Waals surface area contributed by atoms with Gasteiger partial charge in [-0.1, -0.05) is 17.4 Å². The number of hydrogen-bond donors (Lipinski definition) is 0. The third-order valence-corrected chi connectivity index (χ3v) is 6.55. The van der Waals surface area contributed by atoms with Gasteiger partial charge in [-0.2, -0.15) is 11.3 Å². The van der Waals surface area contributed by atoms with Gasteiger partial charge in [-0.05, 0) is 52.1 Å². The van der Waals surface area contributed by atoms with E-state index >= 15 is 0 Å². The lowest BCUT2D eigenvalue weighted by Gasteiger charge is -2.36. The first-order valence-electron chi connectivity index (χ1n) is 10.9. The normalized spacial score (nSPS) is 14.8. The first kappa shape index (κ1) is 23.0. The fourth-order valence-electron chi connectivity index (χ4n) is 3.87. The Morgan fingerprint density at radius 3 is 2.67 bits per heavy atom. The molecule has 0 unspecified atom stereocenters. The van der Waals surface area contributed by atoms with Crippen LogP contribution in [0.4, 0.5) is 5.69 Å². The number of benzene rings is 1. The number of hydrogen-bond acceptors (Lipinski definition) is 5. The number of allylic oxidation sites excluding steroid dienone is 1. The van der Waals surface area contributed by atoms with Gasteiger partial charge < -0.3 is 19.3 Å². The summed E-state index contributed by atoms with van der Waals surface area (Å²) in [5.41, 5.74) is 9.38. The van der Waals surface area contributed by atoms with Crippen LogP contribution in [-0.2, 0) is 4.79 Å². The van der Waals surface area contributed by atoms with Crippen molar-refractivity contribution < 1.29 is 14.3 Å². The number of carbonyl (C=O) groups is 1. The first-order valence-corrected chi connectivity index (χ1v) is 11.9. The Bertz CT molecular complexity index is 1220. The Hall–Kier alpha value is -3.21. The molecular weight excluding hydrogens is 432 g/mol. The summed E-state index contributed by atoms with van der Waals surface area (Å²) in [6, 6.07) is 6.09. The van der Waals surface area contributed by atoms with E-state index in [1.807, 2.05) is 45.5 Å². The molecule has 2 aliphatic rings. The first-order chi connectivity index (χ1) is 15.6. The van der Waals surface area contributed by atoms with Crippen molar-refractivity contribution in [2.75, 3.05) is 25.7 Å². The highest BCUT2D eigenvalue weighted by Gasteiger charge is 2.35. The number of fused-ring (bicyclic) bond motifs is 2. The molecule has 0 fully saturated rings. The van der Waals surface area contributed by atoms with E-state index in [0.29, 0.717) is 5.57 Å². The van der Waals surface area contributed by atoms with Crippen molar-refractivity contribution in [1.29, 1.82) is 0 Å². The van der Waals surface area contributed by atoms with Crippen molar-refractivity contribution in [2.24, 2.45) is 0 Å². The molecule has 1 aromatic heterocycles. The van der Waals surface area contributed by atoms with Gasteiger partial charge in [-0.3, -0.25) is 4.79 Å². The number of nitrogens with zero attached hydrogens (tertiary/aromatic N) is 2. The molecule has 33 heavy (non-hydrogen) atoms.